The number of carboxylic acid groups (broad SMARTS) is 1. The molecule has 0 atom stereocenters. The maximum Gasteiger partial charge on any atom is 0.393 e. The van der Waals surface area contributed by atoms with E-state index in [2.05, 4.69) is 11.3 Å². The molecule has 0 aliphatic rings. The summed E-state index contributed by atoms with van der Waals surface area (Å²) in [6.07, 6.45) is 9.84. The van der Waals surface area contributed by atoms with Crippen LogP contribution in [0.15, 0.2) is 48.8 Å². The molecule has 0 fully saturated rings. The number of rotatable bonds is 9. The van der Waals surface area contributed by atoms with Crippen LogP contribution in [0.1, 0.15) is 11.1 Å². The fourth-order valence-corrected chi connectivity index (χ4v) is 2.48. The summed E-state index contributed by atoms with van der Waals surface area (Å²) >= 11 is 0. The Morgan fingerprint density at radius 3 is 2.27 bits per heavy atom. The Bertz CT molecular complexity index is 957. The molecule has 0 spiro atoms. The number of hydrazine groups is 1. The number of para-hydroxylation sites is 1. The number of anilines is 1. The van der Waals surface area contributed by atoms with Crippen LogP contribution in [0.25, 0.3) is 0 Å². The minimum absolute atomic E-state index is 0.191. The summed E-state index contributed by atoms with van der Waals surface area (Å²) in [6.45, 7) is 0.425. The van der Waals surface area contributed by atoms with Crippen molar-refractivity contribution in [2.75, 3.05) is 5.43 Å². The van der Waals surface area contributed by atoms with Gasteiger partial charge < -0.3 is 9.90 Å². The Morgan fingerprint density at radius 2 is 1.67 bits per heavy atom. The molecule has 0 saturated carbocycles. The first-order valence-corrected chi connectivity index (χ1v) is 8.62. The Morgan fingerprint density at radius 1 is 1.03 bits per heavy atom. The van der Waals surface area contributed by atoms with Crippen LogP contribution >= 0.6 is 0 Å². The molecule has 30 heavy (non-hydrogen) atoms. The Labute approximate surface area is 169 Å². The van der Waals surface area contributed by atoms with Crippen molar-refractivity contribution in [2.24, 2.45) is 0 Å². The summed E-state index contributed by atoms with van der Waals surface area (Å²) < 4.78 is 54.8. The third-order valence-electron chi connectivity index (χ3n) is 4.18. The number of carbonyl (C=O) groups is 2. The molecule has 2 N–H and O–H groups in total. The number of nitrogens with one attached hydrogen (secondary N) is 2. The van der Waals surface area contributed by atoms with Crippen LogP contribution in [0.3, 0.4) is 0 Å². The third kappa shape index (κ3) is 5.05. The van der Waals surface area contributed by atoms with Crippen LogP contribution in [-0.2, 0) is 29.0 Å². The lowest BCUT2D eigenvalue weighted by atomic mass is 10.0. The molecule has 0 radical (unpaired) electrons. The molecular formula is C20H17F4N3O3. The van der Waals surface area contributed by atoms with Gasteiger partial charge in [0.1, 0.15) is 5.97 Å². The van der Waals surface area contributed by atoms with Crippen LogP contribution in [0.2, 0.25) is 0 Å². The van der Waals surface area contributed by atoms with Gasteiger partial charge in [0, 0.05) is 12.1 Å². The summed E-state index contributed by atoms with van der Waals surface area (Å²) in [7, 11) is 0. The molecule has 1 heterocycles. The minimum atomic E-state index is -5.66. The lowest BCUT2D eigenvalue weighted by Crippen LogP contribution is -2.61. The van der Waals surface area contributed by atoms with Gasteiger partial charge in [-0.1, -0.05) is 18.2 Å². The van der Waals surface area contributed by atoms with Crippen molar-refractivity contribution in [1.29, 1.82) is 0 Å². The zero-order chi connectivity index (χ0) is 22.4. The first kappa shape index (κ1) is 22.7. The Balaban J connectivity index is 2.04. The van der Waals surface area contributed by atoms with Crippen LogP contribution in [-0.4, -0.2) is 23.7 Å². The van der Waals surface area contributed by atoms with E-state index in [1.807, 2.05) is 12.1 Å². The number of amides is 1. The van der Waals surface area contributed by atoms with Gasteiger partial charge in [-0.15, -0.1) is 6.42 Å². The molecule has 1 aromatic heterocycles. The molecule has 0 aliphatic carbocycles. The number of nitrogens with zero attached hydrogens (tertiary/aromatic N) is 1. The lowest BCUT2D eigenvalue weighted by molar-refractivity contribution is -0.684. The first-order valence-electron chi connectivity index (χ1n) is 8.62. The predicted molar refractivity (Wildman–Crippen MR) is 96.0 cm³/mol. The largest absolute Gasteiger partial charge is 0.544 e. The molecule has 0 aliphatic heterocycles. The third-order valence-corrected chi connectivity index (χ3v) is 4.18. The Kier molecular flexibility index (Phi) is 7.00. The van der Waals surface area contributed by atoms with E-state index in [1.165, 1.54) is 17.6 Å². The lowest BCUT2D eigenvalue weighted by Gasteiger charge is -2.26. The molecule has 1 aromatic carbocycles. The summed E-state index contributed by atoms with van der Waals surface area (Å²) in [5.74, 6) is -14.5. The number of aryl methyl sites for hydroxylation is 2. The average Bonchev–Trinajstić information content (AvgIpc) is 2.72. The van der Waals surface area contributed by atoms with Gasteiger partial charge in [-0.25, -0.2) is 0 Å². The highest BCUT2D eigenvalue weighted by molar-refractivity contribution is 5.92. The number of halogens is 4. The molecule has 10 heteroatoms. The number of hydrogen-bond acceptors (Lipinski definition) is 4. The standard InChI is InChI=1S/C20H17F4N3O3/c1-2-11-27-12-9-14(10-13-27)7-8-15-5-3-4-6-16(15)25-26-17(28)19(21,22)20(23,24)18(29)30/h1,3-6,9-10,12-13,25H,7-8,11H2,(H-,26,28,29,30). The van der Waals surface area contributed by atoms with Crippen molar-refractivity contribution in [2.45, 2.75) is 31.2 Å². The first-order chi connectivity index (χ1) is 14.1. The van der Waals surface area contributed by atoms with E-state index in [4.69, 9.17) is 6.42 Å². The molecule has 0 bridgehead atoms. The molecule has 0 unspecified atom stereocenters. The number of pyridine rings is 1. The fourth-order valence-electron chi connectivity index (χ4n) is 2.48. The van der Waals surface area contributed by atoms with E-state index in [9.17, 15) is 32.3 Å². The van der Waals surface area contributed by atoms with Gasteiger partial charge in [0.25, 0.3) is 0 Å². The van der Waals surface area contributed by atoms with Gasteiger partial charge in [-0.05, 0) is 36.0 Å². The summed E-state index contributed by atoms with van der Waals surface area (Å²) in [5.41, 5.74) is 5.32. The quantitative estimate of drug-likeness (QED) is 0.271. The molecule has 2 aromatic rings. The molecule has 0 saturated heterocycles. The molecule has 1 amide bonds. The van der Waals surface area contributed by atoms with Crippen molar-refractivity contribution >= 4 is 17.6 Å². The number of hydrogen-bond donors (Lipinski definition) is 2. The second kappa shape index (κ2) is 9.26. The highest BCUT2D eigenvalue weighted by Crippen LogP contribution is 2.34. The van der Waals surface area contributed by atoms with Gasteiger partial charge >= 0.3 is 17.8 Å². The monoisotopic (exact) mass is 423 g/mol. The SMILES string of the molecule is C#CC[n+]1ccc(CCc2ccccc2NNC(=O)C(F)(F)C(F)(F)C(=O)[O-])cc1. The van der Waals surface area contributed by atoms with E-state index in [0.717, 1.165) is 5.56 Å². The highest BCUT2D eigenvalue weighted by Gasteiger charge is 2.63. The topological polar surface area (TPSA) is 85.1 Å². The van der Waals surface area contributed by atoms with Crippen LogP contribution in [0.4, 0.5) is 23.2 Å². The number of benzene rings is 1. The van der Waals surface area contributed by atoms with E-state index in [-0.39, 0.29) is 5.69 Å². The van der Waals surface area contributed by atoms with Crippen molar-refractivity contribution in [3.05, 3.63) is 59.9 Å². The van der Waals surface area contributed by atoms with E-state index >= 15 is 0 Å². The zero-order valence-corrected chi connectivity index (χ0v) is 15.5. The maximum atomic E-state index is 13.5. The summed E-state index contributed by atoms with van der Waals surface area (Å²) in [5, 5.41) is 10.2. The van der Waals surface area contributed by atoms with Gasteiger partial charge in [0.2, 0.25) is 6.54 Å². The summed E-state index contributed by atoms with van der Waals surface area (Å²) in [4.78, 5) is 21.7. The number of carboxylic acids is 1. The van der Waals surface area contributed by atoms with Crippen molar-refractivity contribution < 1.29 is 36.8 Å². The van der Waals surface area contributed by atoms with Crippen LogP contribution in [0.5, 0.6) is 0 Å². The molecule has 158 valence electrons. The normalized spacial score (nSPS) is 11.4. The number of terminal acetylenes is 1. The van der Waals surface area contributed by atoms with Gasteiger partial charge in [-0.3, -0.25) is 15.6 Å². The number of aliphatic carboxylic acids is 1. The minimum Gasteiger partial charge on any atom is -0.544 e. The highest BCUT2D eigenvalue weighted by atomic mass is 19.3. The van der Waals surface area contributed by atoms with Gasteiger partial charge in [0.05, 0.1) is 5.69 Å². The van der Waals surface area contributed by atoms with E-state index < -0.39 is 23.7 Å². The Hall–Kier alpha value is -3.61. The molecule has 2 rings (SSSR count). The number of aromatic nitrogens is 1. The summed E-state index contributed by atoms with van der Waals surface area (Å²) in [6, 6.07) is 10.0. The number of carbonyl (C=O) groups excluding carboxylic acids is 2. The molecule has 6 nitrogen and oxygen atoms in total. The van der Waals surface area contributed by atoms with Crippen molar-refractivity contribution in [3.63, 3.8) is 0 Å². The van der Waals surface area contributed by atoms with Crippen molar-refractivity contribution in [1.82, 2.24) is 5.43 Å². The second-order valence-electron chi connectivity index (χ2n) is 6.26. The van der Waals surface area contributed by atoms with E-state index in [1.54, 1.807) is 29.1 Å². The van der Waals surface area contributed by atoms with Gasteiger partial charge in [0.15, 0.2) is 12.4 Å². The number of alkyl halides is 4. The molecular weight excluding hydrogens is 406 g/mol. The smallest absolute Gasteiger partial charge is 0.393 e. The maximum absolute atomic E-state index is 13.5. The van der Waals surface area contributed by atoms with Gasteiger partial charge in [-0.2, -0.15) is 22.1 Å². The average molecular weight is 423 g/mol. The van der Waals surface area contributed by atoms with E-state index in [0.29, 0.717) is 24.9 Å². The zero-order valence-electron chi connectivity index (χ0n) is 15.5. The van der Waals surface area contributed by atoms with Crippen molar-refractivity contribution in [3.8, 4) is 12.3 Å². The second-order valence-corrected chi connectivity index (χ2v) is 6.26. The predicted octanol–water partition coefficient (Wildman–Crippen LogP) is 0.856. The van der Waals surface area contributed by atoms with Crippen LogP contribution < -0.4 is 20.5 Å². The fraction of sp³-hybridized carbons (Fsp3) is 0.250. The van der Waals surface area contributed by atoms with Crippen LogP contribution in [0, 0.1) is 12.3 Å².